The van der Waals surface area contributed by atoms with Gasteiger partial charge in [-0.15, -0.1) is 0 Å². The quantitative estimate of drug-likeness (QED) is 0.421. The number of benzene rings is 2. The van der Waals surface area contributed by atoms with Gasteiger partial charge in [-0.3, -0.25) is 0 Å². The molecule has 2 atom stereocenters. The largest absolute Gasteiger partial charge is 0.473 e. The molecule has 0 amide bonds. The summed E-state index contributed by atoms with van der Waals surface area (Å²) in [6.45, 7) is 0.674. The lowest BCUT2D eigenvalue weighted by Crippen LogP contribution is -2.41. The van der Waals surface area contributed by atoms with E-state index < -0.39 is 35.1 Å². The summed E-state index contributed by atoms with van der Waals surface area (Å²) in [7, 11) is 3.82. The highest BCUT2D eigenvalue weighted by molar-refractivity contribution is 6.28. The van der Waals surface area contributed by atoms with Crippen LogP contribution >= 0.6 is 0 Å². The molecule has 5 nitrogen and oxygen atoms in total. The zero-order valence-corrected chi connectivity index (χ0v) is 17.7. The predicted octanol–water partition coefficient (Wildman–Crippen LogP) is 4.25. The number of carboxylic acid groups (broad SMARTS) is 1. The van der Waals surface area contributed by atoms with Crippen molar-refractivity contribution >= 4 is 11.9 Å². The van der Waals surface area contributed by atoms with Crippen molar-refractivity contribution in [1.29, 1.82) is 0 Å². The van der Waals surface area contributed by atoms with Crippen molar-refractivity contribution in [2.24, 2.45) is 0 Å². The third kappa shape index (κ3) is 4.93. The molecule has 166 valence electrons. The maximum atomic E-state index is 14.9. The summed E-state index contributed by atoms with van der Waals surface area (Å²) < 4.78 is 34.3. The molecule has 0 radical (unpaired) electrons. The smallest absolute Gasteiger partial charge is 0.418 e. The Balaban J connectivity index is 2.21. The molecule has 0 saturated heterocycles. The molecule has 0 aliphatic heterocycles. The van der Waals surface area contributed by atoms with Crippen LogP contribution in [0.15, 0.2) is 42.5 Å². The summed E-state index contributed by atoms with van der Waals surface area (Å²) in [5.74, 6) is -5.16. The van der Waals surface area contributed by atoms with E-state index >= 15 is 0 Å². The molecule has 2 aromatic rings. The Morgan fingerprint density at radius 2 is 1.94 bits per heavy atom. The van der Waals surface area contributed by atoms with Crippen molar-refractivity contribution < 1.29 is 28.2 Å². The molecule has 0 heterocycles. The summed E-state index contributed by atoms with van der Waals surface area (Å²) in [5, 5.41) is 9.30. The van der Waals surface area contributed by atoms with Gasteiger partial charge in [0, 0.05) is 12.0 Å². The van der Waals surface area contributed by atoms with Gasteiger partial charge in [0.15, 0.2) is 0 Å². The first-order valence-electron chi connectivity index (χ1n) is 10.4. The molecule has 31 heavy (non-hydrogen) atoms. The number of hydrogen-bond acceptors (Lipinski definition) is 4. The topological polar surface area (TPSA) is 66.8 Å². The van der Waals surface area contributed by atoms with Crippen molar-refractivity contribution in [2.75, 3.05) is 20.6 Å². The first-order valence-corrected chi connectivity index (χ1v) is 10.4. The number of carbonyl (C=O) groups excluding carboxylic acids is 1. The van der Waals surface area contributed by atoms with E-state index in [4.69, 9.17) is 4.74 Å². The Labute approximate surface area is 180 Å². The minimum atomic E-state index is -1.70. The van der Waals surface area contributed by atoms with E-state index in [0.717, 1.165) is 11.6 Å². The SMILES string of the molecule is CN(C)CCC[C@]1(OC(=O)C(=O)O)c2ccccc2CCC[C@@H]1c1ccc(F)cc1F. The van der Waals surface area contributed by atoms with Crippen molar-refractivity contribution in [3.63, 3.8) is 0 Å². The van der Waals surface area contributed by atoms with Crippen molar-refractivity contribution in [3.8, 4) is 0 Å². The van der Waals surface area contributed by atoms with Crippen LogP contribution in [0.4, 0.5) is 8.78 Å². The van der Waals surface area contributed by atoms with Gasteiger partial charge in [0.2, 0.25) is 0 Å². The van der Waals surface area contributed by atoms with E-state index in [9.17, 15) is 23.5 Å². The Morgan fingerprint density at radius 3 is 2.61 bits per heavy atom. The first-order chi connectivity index (χ1) is 14.7. The van der Waals surface area contributed by atoms with Gasteiger partial charge in [-0.25, -0.2) is 18.4 Å². The molecule has 7 heteroatoms. The van der Waals surface area contributed by atoms with E-state index in [2.05, 4.69) is 0 Å². The number of hydrogen-bond donors (Lipinski definition) is 1. The van der Waals surface area contributed by atoms with E-state index in [0.29, 0.717) is 44.2 Å². The number of nitrogens with zero attached hydrogens (tertiary/aromatic N) is 1. The van der Waals surface area contributed by atoms with E-state index in [-0.39, 0.29) is 5.56 Å². The number of carbonyl (C=O) groups is 2. The van der Waals surface area contributed by atoms with Crippen LogP contribution in [0.3, 0.4) is 0 Å². The lowest BCUT2D eigenvalue weighted by molar-refractivity contribution is -0.179. The van der Waals surface area contributed by atoms with Crippen LogP contribution in [0.25, 0.3) is 0 Å². The van der Waals surface area contributed by atoms with Gasteiger partial charge in [0.05, 0.1) is 0 Å². The van der Waals surface area contributed by atoms with Crippen LogP contribution in [-0.4, -0.2) is 42.6 Å². The molecule has 0 saturated carbocycles. The van der Waals surface area contributed by atoms with Crippen LogP contribution in [0, 0.1) is 11.6 Å². The third-order valence-electron chi connectivity index (χ3n) is 5.92. The zero-order chi connectivity index (χ0) is 22.6. The van der Waals surface area contributed by atoms with Gasteiger partial charge in [0.1, 0.15) is 17.2 Å². The molecule has 3 rings (SSSR count). The normalized spacial score (nSPS) is 20.7. The van der Waals surface area contributed by atoms with Gasteiger partial charge in [-0.1, -0.05) is 30.3 Å². The highest BCUT2D eigenvalue weighted by atomic mass is 19.1. The molecule has 1 aliphatic carbocycles. The second-order valence-electron chi connectivity index (χ2n) is 8.26. The number of halogens is 2. The standard InChI is InChI=1S/C24H27F2NO4/c1-27(2)14-6-13-24(31-23(30)22(28)29)19-9-4-3-7-16(19)8-5-10-20(24)18-12-11-17(25)15-21(18)26/h3-4,7,9,11-12,15,20H,5-6,8,10,13-14H2,1-2H3,(H,28,29)/t20-,24+/m1/s1. The number of esters is 1. The number of ether oxygens (including phenoxy) is 1. The fourth-order valence-electron chi connectivity index (χ4n) is 4.61. The van der Waals surface area contributed by atoms with Crippen LogP contribution in [0.2, 0.25) is 0 Å². The molecule has 0 bridgehead atoms. The minimum Gasteiger partial charge on any atom is -0.473 e. The average Bonchev–Trinajstić information content (AvgIpc) is 2.85. The number of aliphatic carboxylic acids is 1. The van der Waals surface area contributed by atoms with Crippen molar-refractivity contribution in [3.05, 3.63) is 70.8 Å². The van der Waals surface area contributed by atoms with Crippen LogP contribution in [-0.2, 0) is 26.3 Å². The number of rotatable bonds is 6. The fourth-order valence-corrected chi connectivity index (χ4v) is 4.61. The van der Waals surface area contributed by atoms with Crippen molar-refractivity contribution in [1.82, 2.24) is 4.90 Å². The second-order valence-corrected chi connectivity index (χ2v) is 8.26. The Bertz CT molecular complexity index is 962. The lowest BCUT2D eigenvalue weighted by atomic mass is 9.72. The van der Waals surface area contributed by atoms with Gasteiger partial charge < -0.3 is 14.7 Å². The van der Waals surface area contributed by atoms with Gasteiger partial charge in [-0.05, 0) is 75.5 Å². The Morgan fingerprint density at radius 1 is 1.19 bits per heavy atom. The second kappa shape index (κ2) is 9.56. The van der Waals surface area contributed by atoms with Crippen molar-refractivity contribution in [2.45, 2.75) is 43.6 Å². The summed E-state index contributed by atoms with van der Waals surface area (Å²) in [6, 6.07) is 10.8. The minimum absolute atomic E-state index is 0.223. The van der Waals surface area contributed by atoms with E-state index in [1.165, 1.54) is 12.1 Å². The van der Waals surface area contributed by atoms with Gasteiger partial charge >= 0.3 is 11.9 Å². The van der Waals surface area contributed by atoms with E-state index in [1.54, 1.807) is 6.07 Å². The first kappa shape index (κ1) is 22.9. The number of carboxylic acids is 1. The maximum absolute atomic E-state index is 14.9. The van der Waals surface area contributed by atoms with Crippen LogP contribution in [0.5, 0.6) is 0 Å². The molecule has 0 fully saturated rings. The highest BCUT2D eigenvalue weighted by Crippen LogP contribution is 2.50. The van der Waals surface area contributed by atoms with E-state index in [1.807, 2.05) is 37.2 Å². The van der Waals surface area contributed by atoms with Crippen LogP contribution < -0.4 is 0 Å². The third-order valence-corrected chi connectivity index (χ3v) is 5.92. The predicted molar refractivity (Wildman–Crippen MR) is 112 cm³/mol. The lowest BCUT2D eigenvalue weighted by Gasteiger charge is -2.41. The molecular weight excluding hydrogens is 404 g/mol. The van der Waals surface area contributed by atoms with Gasteiger partial charge in [0.25, 0.3) is 0 Å². The zero-order valence-electron chi connectivity index (χ0n) is 17.7. The molecular formula is C24H27F2NO4. The summed E-state index contributed by atoms with van der Waals surface area (Å²) in [6.07, 6.45) is 2.75. The Hall–Kier alpha value is -2.80. The molecule has 0 unspecified atom stereocenters. The number of aryl methyl sites for hydroxylation is 1. The summed E-state index contributed by atoms with van der Waals surface area (Å²) in [4.78, 5) is 25.8. The van der Waals surface area contributed by atoms with Gasteiger partial charge in [-0.2, -0.15) is 0 Å². The molecule has 2 aromatic carbocycles. The summed E-state index contributed by atoms with van der Waals surface area (Å²) in [5.41, 5.74) is 0.475. The number of fused-ring (bicyclic) bond motifs is 1. The molecule has 1 N–H and O–H groups in total. The molecule has 0 spiro atoms. The van der Waals surface area contributed by atoms with Crippen LogP contribution in [0.1, 0.15) is 48.3 Å². The monoisotopic (exact) mass is 431 g/mol. The highest BCUT2D eigenvalue weighted by Gasteiger charge is 2.48. The fraction of sp³-hybridized carbons (Fsp3) is 0.417. The maximum Gasteiger partial charge on any atom is 0.418 e. The average molecular weight is 431 g/mol. The summed E-state index contributed by atoms with van der Waals surface area (Å²) >= 11 is 0. The Kier molecular flexibility index (Phi) is 7.05. The molecule has 0 aromatic heterocycles. The molecule has 1 aliphatic rings.